The van der Waals surface area contributed by atoms with Crippen LogP contribution in [0.3, 0.4) is 0 Å². The first-order valence-electron chi connectivity index (χ1n) is 6.85. The van der Waals surface area contributed by atoms with Crippen LogP contribution in [0.15, 0.2) is 18.3 Å². The Kier molecular flexibility index (Phi) is 3.04. The Morgan fingerprint density at radius 1 is 1.50 bits per heavy atom. The molecule has 3 heterocycles. The molecule has 2 aromatic rings. The van der Waals surface area contributed by atoms with Crippen LogP contribution in [0.5, 0.6) is 0 Å². The molecule has 0 aliphatic carbocycles. The first-order valence-corrected chi connectivity index (χ1v) is 6.85. The monoisotopic (exact) mass is 244 g/mol. The summed E-state index contributed by atoms with van der Waals surface area (Å²) < 4.78 is 2.24. The van der Waals surface area contributed by atoms with E-state index in [-0.39, 0.29) is 0 Å². The number of imidazole rings is 1. The average molecular weight is 244 g/mol. The first-order chi connectivity index (χ1) is 8.81. The summed E-state index contributed by atoms with van der Waals surface area (Å²) in [6.45, 7) is 6.49. The molecule has 1 aliphatic rings. The van der Waals surface area contributed by atoms with Crippen molar-refractivity contribution in [3.05, 3.63) is 24.2 Å². The van der Waals surface area contributed by atoms with Gasteiger partial charge in [-0.05, 0) is 44.4 Å². The maximum Gasteiger partial charge on any atom is 0.160 e. The minimum atomic E-state index is 0.368. The molecule has 1 fully saturated rings. The van der Waals surface area contributed by atoms with Crippen LogP contribution in [-0.4, -0.2) is 21.1 Å². The van der Waals surface area contributed by atoms with E-state index in [4.69, 9.17) is 4.98 Å². The summed E-state index contributed by atoms with van der Waals surface area (Å²) >= 11 is 0. The first kappa shape index (κ1) is 11.7. The maximum absolute atomic E-state index is 4.80. The van der Waals surface area contributed by atoms with Gasteiger partial charge in [-0.2, -0.15) is 0 Å². The van der Waals surface area contributed by atoms with Crippen molar-refractivity contribution in [2.24, 2.45) is 5.92 Å². The van der Waals surface area contributed by atoms with Gasteiger partial charge in [-0.1, -0.05) is 6.92 Å². The number of fused-ring (bicyclic) bond motifs is 1. The summed E-state index contributed by atoms with van der Waals surface area (Å²) in [6, 6.07) is 4.37. The molecule has 96 valence electrons. The highest BCUT2D eigenvalue weighted by molar-refractivity contribution is 5.71. The predicted octanol–water partition coefficient (Wildman–Crippen LogP) is 2.51. The van der Waals surface area contributed by atoms with Crippen LogP contribution in [0.4, 0.5) is 0 Å². The van der Waals surface area contributed by atoms with Crippen LogP contribution in [0.2, 0.25) is 0 Å². The zero-order chi connectivity index (χ0) is 12.5. The Morgan fingerprint density at radius 2 is 2.39 bits per heavy atom. The molecule has 0 amide bonds. The molecule has 4 heteroatoms. The van der Waals surface area contributed by atoms with Crippen LogP contribution in [0, 0.1) is 5.92 Å². The number of hydrogen-bond acceptors (Lipinski definition) is 3. The van der Waals surface area contributed by atoms with E-state index in [0.717, 1.165) is 30.1 Å². The number of rotatable bonds is 2. The van der Waals surface area contributed by atoms with Gasteiger partial charge in [-0.25, -0.2) is 9.97 Å². The van der Waals surface area contributed by atoms with Crippen molar-refractivity contribution in [2.45, 2.75) is 39.3 Å². The molecular formula is C14H20N4. The van der Waals surface area contributed by atoms with Crippen molar-refractivity contribution in [3.8, 4) is 0 Å². The number of hydrogen-bond donors (Lipinski definition) is 1. The van der Waals surface area contributed by atoms with Crippen molar-refractivity contribution in [1.82, 2.24) is 19.9 Å². The van der Waals surface area contributed by atoms with Crippen molar-refractivity contribution >= 4 is 11.2 Å². The summed E-state index contributed by atoms with van der Waals surface area (Å²) in [7, 11) is 0. The highest BCUT2D eigenvalue weighted by Crippen LogP contribution is 2.29. The van der Waals surface area contributed by atoms with Gasteiger partial charge < -0.3 is 9.88 Å². The molecule has 2 unspecified atom stereocenters. The molecule has 2 aromatic heterocycles. The molecular weight excluding hydrogens is 224 g/mol. The minimum Gasteiger partial charge on any atom is -0.312 e. The zero-order valence-electron chi connectivity index (χ0n) is 11.1. The largest absolute Gasteiger partial charge is 0.312 e. The Balaban J connectivity index is 2.10. The Bertz CT molecular complexity index is 546. The predicted molar refractivity (Wildman–Crippen MR) is 72.3 cm³/mol. The Hall–Kier alpha value is -1.42. The number of aromatic nitrogens is 3. The van der Waals surface area contributed by atoms with Gasteiger partial charge in [-0.3, -0.25) is 0 Å². The number of nitrogens with zero attached hydrogens (tertiary/aromatic N) is 3. The van der Waals surface area contributed by atoms with E-state index in [1.54, 1.807) is 0 Å². The van der Waals surface area contributed by atoms with Gasteiger partial charge in [0, 0.05) is 12.7 Å². The molecule has 3 rings (SSSR count). The molecule has 18 heavy (non-hydrogen) atoms. The summed E-state index contributed by atoms with van der Waals surface area (Å²) in [6.07, 6.45) is 4.39. The van der Waals surface area contributed by atoms with E-state index in [1.807, 2.05) is 18.3 Å². The van der Waals surface area contributed by atoms with E-state index in [2.05, 4.69) is 28.7 Å². The molecule has 1 aliphatic heterocycles. The molecule has 1 N–H and O–H groups in total. The third kappa shape index (κ3) is 1.81. The summed E-state index contributed by atoms with van der Waals surface area (Å²) in [5, 5.41) is 3.61. The van der Waals surface area contributed by atoms with E-state index >= 15 is 0 Å². The van der Waals surface area contributed by atoms with Gasteiger partial charge in [0.25, 0.3) is 0 Å². The molecule has 2 atom stereocenters. The summed E-state index contributed by atoms with van der Waals surface area (Å²) in [4.78, 5) is 9.26. The lowest BCUT2D eigenvalue weighted by Gasteiger charge is -2.29. The minimum absolute atomic E-state index is 0.368. The van der Waals surface area contributed by atoms with Crippen molar-refractivity contribution in [2.75, 3.05) is 6.54 Å². The fourth-order valence-corrected chi connectivity index (χ4v) is 2.92. The molecule has 4 nitrogen and oxygen atoms in total. The number of nitrogens with one attached hydrogen (secondary N) is 1. The topological polar surface area (TPSA) is 42.7 Å². The van der Waals surface area contributed by atoms with Gasteiger partial charge in [0.2, 0.25) is 0 Å². The number of piperidine rings is 1. The van der Waals surface area contributed by atoms with Crippen molar-refractivity contribution < 1.29 is 0 Å². The molecule has 0 aromatic carbocycles. The normalized spacial score (nSPS) is 24.6. The van der Waals surface area contributed by atoms with Crippen LogP contribution in [-0.2, 0) is 6.54 Å². The summed E-state index contributed by atoms with van der Waals surface area (Å²) in [5.41, 5.74) is 2.02. The SMILES string of the molecule is CCn1c(C2NCCCC2C)nc2cccnc21. The fraction of sp³-hybridized carbons (Fsp3) is 0.571. The molecule has 0 radical (unpaired) electrons. The third-order valence-corrected chi connectivity index (χ3v) is 3.90. The van der Waals surface area contributed by atoms with Gasteiger partial charge >= 0.3 is 0 Å². The Morgan fingerprint density at radius 3 is 3.17 bits per heavy atom. The van der Waals surface area contributed by atoms with E-state index in [0.29, 0.717) is 12.0 Å². The van der Waals surface area contributed by atoms with E-state index in [9.17, 15) is 0 Å². The third-order valence-electron chi connectivity index (χ3n) is 3.90. The van der Waals surface area contributed by atoms with Crippen LogP contribution >= 0.6 is 0 Å². The molecule has 0 spiro atoms. The lowest BCUT2D eigenvalue weighted by molar-refractivity contribution is 0.289. The zero-order valence-corrected chi connectivity index (χ0v) is 11.1. The smallest absolute Gasteiger partial charge is 0.160 e. The van der Waals surface area contributed by atoms with Crippen LogP contribution in [0.1, 0.15) is 38.6 Å². The van der Waals surface area contributed by atoms with E-state index in [1.165, 1.54) is 12.8 Å². The summed E-state index contributed by atoms with van der Waals surface area (Å²) in [5.74, 6) is 1.79. The van der Waals surface area contributed by atoms with Gasteiger partial charge in [-0.15, -0.1) is 0 Å². The lowest BCUT2D eigenvalue weighted by Crippen LogP contribution is -2.34. The molecule has 1 saturated heterocycles. The second kappa shape index (κ2) is 4.69. The molecule has 0 bridgehead atoms. The van der Waals surface area contributed by atoms with Gasteiger partial charge in [0.15, 0.2) is 5.65 Å². The number of pyridine rings is 1. The fourth-order valence-electron chi connectivity index (χ4n) is 2.92. The number of aryl methyl sites for hydroxylation is 1. The quantitative estimate of drug-likeness (QED) is 0.882. The van der Waals surface area contributed by atoms with Crippen molar-refractivity contribution in [3.63, 3.8) is 0 Å². The van der Waals surface area contributed by atoms with Gasteiger partial charge in [0.1, 0.15) is 11.3 Å². The standard InChI is InChI=1S/C14H20N4/c1-3-18-13-11(7-5-9-16-13)17-14(18)12-10(2)6-4-8-15-12/h5,7,9-10,12,15H,3-4,6,8H2,1-2H3. The average Bonchev–Trinajstić information content (AvgIpc) is 2.77. The highest BCUT2D eigenvalue weighted by Gasteiger charge is 2.27. The second-order valence-electron chi connectivity index (χ2n) is 5.11. The second-order valence-corrected chi connectivity index (χ2v) is 5.11. The van der Waals surface area contributed by atoms with Crippen LogP contribution in [0.25, 0.3) is 11.2 Å². The lowest BCUT2D eigenvalue weighted by atomic mass is 9.92. The Labute approximate surface area is 107 Å². The maximum atomic E-state index is 4.80. The van der Waals surface area contributed by atoms with Gasteiger partial charge in [0.05, 0.1) is 6.04 Å². The van der Waals surface area contributed by atoms with E-state index < -0.39 is 0 Å². The highest BCUT2D eigenvalue weighted by atomic mass is 15.2. The molecule has 0 saturated carbocycles. The van der Waals surface area contributed by atoms with Crippen molar-refractivity contribution in [1.29, 1.82) is 0 Å². The van der Waals surface area contributed by atoms with Crippen LogP contribution < -0.4 is 5.32 Å².